The van der Waals surface area contributed by atoms with Gasteiger partial charge in [0.1, 0.15) is 42.9 Å². The van der Waals surface area contributed by atoms with Crippen LogP contribution < -0.4 is 0 Å². The maximum Gasteiger partial charge on any atom is 0.309 e. The lowest BCUT2D eigenvalue weighted by Crippen LogP contribution is -2.66. The SMILES string of the molecule is CCC(=O)O[C@@H]1CC(=O)O[C@H](C)CC=CC=C[C@H](OC(C)=O)[C@H](C)C[C@H](CC=O)[C@H](O[C@@H]2O[C@H](C)[C@@H](O[C@H]3C[C@@](C)(OC(C)=O)[C@@H](OC(=O)CC)[C@H](C)O3)[C@H](N(C)C)[C@H]2O)[C@H]1OC. The van der Waals surface area contributed by atoms with Gasteiger partial charge in [-0.1, -0.05) is 39.0 Å². The minimum absolute atomic E-state index is 0.0260. The Morgan fingerprint density at radius 1 is 0.905 bits per heavy atom. The molecule has 0 aromatic rings. The summed E-state index contributed by atoms with van der Waals surface area (Å²) in [6.45, 7) is 14.4. The van der Waals surface area contributed by atoms with Gasteiger partial charge < -0.3 is 62.2 Å². The zero-order valence-electron chi connectivity index (χ0n) is 38.9. The van der Waals surface area contributed by atoms with E-state index in [0.717, 1.165) is 0 Å². The maximum atomic E-state index is 13.4. The van der Waals surface area contributed by atoms with Gasteiger partial charge in [0, 0.05) is 53.1 Å². The van der Waals surface area contributed by atoms with Crippen LogP contribution in [0.3, 0.4) is 0 Å². The van der Waals surface area contributed by atoms with Crippen molar-refractivity contribution in [3.8, 4) is 0 Å². The summed E-state index contributed by atoms with van der Waals surface area (Å²) >= 11 is 0. The van der Waals surface area contributed by atoms with Crippen molar-refractivity contribution in [1.29, 1.82) is 0 Å². The molecule has 2 saturated heterocycles. The van der Waals surface area contributed by atoms with Crippen LogP contribution in [0, 0.1) is 11.8 Å². The van der Waals surface area contributed by atoms with Gasteiger partial charge in [0.15, 0.2) is 24.3 Å². The van der Waals surface area contributed by atoms with Gasteiger partial charge in [0.2, 0.25) is 0 Å². The van der Waals surface area contributed by atoms with Crippen LogP contribution in [0.5, 0.6) is 0 Å². The molecule has 0 unspecified atom stereocenters. The van der Waals surface area contributed by atoms with Crippen molar-refractivity contribution < 1.29 is 81.2 Å². The highest BCUT2D eigenvalue weighted by molar-refractivity contribution is 5.73. The Morgan fingerprint density at radius 2 is 1.57 bits per heavy atom. The molecule has 2 fully saturated rings. The molecule has 0 aromatic carbocycles. The van der Waals surface area contributed by atoms with Gasteiger partial charge in [0.25, 0.3) is 0 Å². The standard InChI is InChI=1S/C45H71NO17/c1-13-34(50)59-33-23-36(52)55-26(4)18-16-15-17-19-32(58-29(7)48)25(3)22-31(20-21-47)41(42(33)54-12)62-44-39(53)38(46(10)11)40(27(5)57-44)61-37-24-45(9,63-30(8)49)43(28(6)56-37)60-35(51)14-2/h15-17,19,21,25-28,31-33,37-44,53H,13-14,18,20,22-24H2,1-12H3/t25-,26-,27-,28+,31+,32+,33-,37+,38-,39-,40-,41+,42+,43+,44+,45-/m1/s1. The van der Waals surface area contributed by atoms with Crippen LogP contribution in [0.4, 0.5) is 0 Å². The number of aliphatic hydroxyl groups excluding tert-OH is 1. The number of hydrogen-bond acceptors (Lipinski definition) is 18. The average Bonchev–Trinajstić information content (AvgIpc) is 3.18. The van der Waals surface area contributed by atoms with Gasteiger partial charge in [-0.25, -0.2) is 0 Å². The fraction of sp³-hybridized carbons (Fsp3) is 0.778. The van der Waals surface area contributed by atoms with Crippen LogP contribution in [0.15, 0.2) is 24.3 Å². The van der Waals surface area contributed by atoms with Crippen LogP contribution in [0.25, 0.3) is 0 Å². The van der Waals surface area contributed by atoms with E-state index < -0.39 is 133 Å². The molecule has 18 heteroatoms. The molecule has 16 atom stereocenters. The van der Waals surface area contributed by atoms with Crippen molar-refractivity contribution in [2.75, 3.05) is 21.2 Å². The van der Waals surface area contributed by atoms with E-state index in [2.05, 4.69) is 0 Å². The summed E-state index contributed by atoms with van der Waals surface area (Å²) in [4.78, 5) is 77.6. The largest absolute Gasteiger partial charge is 0.462 e. The third-order valence-corrected chi connectivity index (χ3v) is 11.5. The van der Waals surface area contributed by atoms with E-state index in [9.17, 15) is 33.9 Å². The van der Waals surface area contributed by atoms with Crippen molar-refractivity contribution >= 4 is 36.1 Å². The number of carbonyl (C=O) groups is 6. The second kappa shape index (κ2) is 25.1. The second-order valence-electron chi connectivity index (χ2n) is 17.1. The van der Waals surface area contributed by atoms with Crippen LogP contribution in [-0.2, 0) is 76.1 Å². The number of likely N-dealkylation sites (N-methyl/N-ethyl adjacent to an activating group) is 1. The highest BCUT2D eigenvalue weighted by Crippen LogP contribution is 2.39. The molecule has 3 heterocycles. The van der Waals surface area contributed by atoms with Gasteiger partial charge in [-0.2, -0.15) is 0 Å². The molecule has 0 bridgehead atoms. The summed E-state index contributed by atoms with van der Waals surface area (Å²) in [5.74, 6) is -4.06. The summed E-state index contributed by atoms with van der Waals surface area (Å²) in [7, 11) is 4.82. The second-order valence-corrected chi connectivity index (χ2v) is 17.1. The molecule has 0 spiro atoms. The predicted molar refractivity (Wildman–Crippen MR) is 224 cm³/mol. The number of allylic oxidation sites excluding steroid dienone is 2. The molecule has 0 aromatic heterocycles. The molecular weight excluding hydrogens is 826 g/mol. The van der Waals surface area contributed by atoms with Crippen LogP contribution >= 0.6 is 0 Å². The minimum atomic E-state index is -1.45. The number of aldehydes is 1. The smallest absolute Gasteiger partial charge is 0.309 e. The van der Waals surface area contributed by atoms with Crippen molar-refractivity contribution in [1.82, 2.24) is 4.90 Å². The first-order valence-electron chi connectivity index (χ1n) is 21.9. The number of esters is 5. The van der Waals surface area contributed by atoms with Crippen molar-refractivity contribution in [2.24, 2.45) is 11.8 Å². The van der Waals surface area contributed by atoms with E-state index in [4.69, 9.17) is 47.4 Å². The summed E-state index contributed by atoms with van der Waals surface area (Å²) in [6, 6.07) is -0.833. The molecule has 1 N–H and O–H groups in total. The quantitative estimate of drug-likeness (QED) is 0.148. The molecule has 3 rings (SSSR count). The molecule has 63 heavy (non-hydrogen) atoms. The zero-order chi connectivity index (χ0) is 47.2. The lowest BCUT2D eigenvalue weighted by Gasteiger charge is -2.50. The molecule has 0 amide bonds. The lowest BCUT2D eigenvalue weighted by atomic mass is 9.82. The first-order valence-corrected chi connectivity index (χ1v) is 21.9. The van der Waals surface area contributed by atoms with Crippen LogP contribution in [-0.4, -0.2) is 153 Å². The van der Waals surface area contributed by atoms with E-state index in [1.54, 1.807) is 84.8 Å². The van der Waals surface area contributed by atoms with Crippen LogP contribution in [0.2, 0.25) is 0 Å². The van der Waals surface area contributed by atoms with Crippen molar-refractivity contribution in [3.63, 3.8) is 0 Å². The van der Waals surface area contributed by atoms with E-state index >= 15 is 0 Å². The third kappa shape index (κ3) is 15.4. The first-order chi connectivity index (χ1) is 29.7. The molecule has 18 nitrogen and oxygen atoms in total. The number of carbonyl (C=O) groups excluding carboxylic acids is 6. The van der Waals surface area contributed by atoms with Gasteiger partial charge >= 0.3 is 29.8 Å². The summed E-state index contributed by atoms with van der Waals surface area (Å²) in [5, 5.41) is 12.2. The summed E-state index contributed by atoms with van der Waals surface area (Å²) in [6.07, 6.45) is -4.48. The van der Waals surface area contributed by atoms with Gasteiger partial charge in [0.05, 0.1) is 30.8 Å². The molecule has 0 saturated carbocycles. The Balaban J connectivity index is 2.09. The highest BCUT2D eigenvalue weighted by Gasteiger charge is 2.54. The number of rotatable bonds is 14. The fourth-order valence-electron chi connectivity index (χ4n) is 8.57. The molecule has 358 valence electrons. The van der Waals surface area contributed by atoms with Gasteiger partial charge in [-0.15, -0.1) is 0 Å². The average molecular weight is 898 g/mol. The Morgan fingerprint density at radius 3 is 2.16 bits per heavy atom. The Hall–Kier alpha value is -3.78. The normalized spacial score (nSPS) is 37.0. The first kappa shape index (κ1) is 53.6. The highest BCUT2D eigenvalue weighted by atomic mass is 16.7. The Kier molecular flexibility index (Phi) is 21.3. The van der Waals surface area contributed by atoms with Gasteiger partial charge in [-0.3, -0.25) is 24.0 Å². The maximum absolute atomic E-state index is 13.4. The van der Waals surface area contributed by atoms with Crippen molar-refractivity contribution in [2.45, 2.75) is 193 Å². The number of ether oxygens (including phenoxy) is 10. The topological polar surface area (TPSA) is 218 Å². The Bertz CT molecular complexity index is 1590. The summed E-state index contributed by atoms with van der Waals surface area (Å²) in [5.41, 5.74) is -1.33. The fourth-order valence-corrected chi connectivity index (χ4v) is 8.57. The molecule has 0 aliphatic carbocycles. The monoisotopic (exact) mass is 897 g/mol. The van der Waals surface area contributed by atoms with E-state index in [-0.39, 0.29) is 32.1 Å². The zero-order valence-corrected chi connectivity index (χ0v) is 38.9. The molecule has 3 aliphatic rings. The lowest BCUT2D eigenvalue weighted by molar-refractivity contribution is -0.344. The van der Waals surface area contributed by atoms with E-state index in [1.165, 1.54) is 21.0 Å². The molecule has 3 aliphatic heterocycles. The number of aliphatic hydroxyl groups is 1. The number of methoxy groups -OCH3 is 1. The molecule has 0 radical (unpaired) electrons. The third-order valence-electron chi connectivity index (χ3n) is 11.5. The van der Waals surface area contributed by atoms with Crippen LogP contribution in [0.1, 0.15) is 107 Å². The van der Waals surface area contributed by atoms with E-state index in [0.29, 0.717) is 12.7 Å². The predicted octanol–water partition coefficient (Wildman–Crippen LogP) is 3.91. The molecular formula is C45H71NO17. The minimum Gasteiger partial charge on any atom is -0.462 e. The van der Waals surface area contributed by atoms with Gasteiger partial charge in [-0.05, 0) is 66.1 Å². The Labute approximate surface area is 371 Å². The number of nitrogens with zero attached hydrogens (tertiary/aromatic N) is 1. The van der Waals surface area contributed by atoms with E-state index in [1.807, 2.05) is 6.92 Å². The number of cyclic esters (lactones) is 1. The van der Waals surface area contributed by atoms with Crippen molar-refractivity contribution in [3.05, 3.63) is 24.3 Å². The summed E-state index contributed by atoms with van der Waals surface area (Å²) < 4.78 is 60.7. The number of hydrogen-bond donors (Lipinski definition) is 1.